The second-order valence-corrected chi connectivity index (χ2v) is 4.25. The first-order valence-electron chi connectivity index (χ1n) is 5.80. The van der Waals surface area contributed by atoms with Crippen LogP contribution in [0.2, 0.25) is 0 Å². The molecule has 0 fully saturated rings. The van der Waals surface area contributed by atoms with E-state index in [4.69, 9.17) is 4.74 Å². The van der Waals surface area contributed by atoms with Gasteiger partial charge in [0.1, 0.15) is 5.75 Å². The molecule has 0 saturated heterocycles. The average molecular weight is 239 g/mol. The number of aromatic nitrogens is 1. The molecule has 3 heteroatoms. The molecule has 0 aliphatic rings. The fourth-order valence-electron chi connectivity index (χ4n) is 2.42. The molecule has 3 rings (SSSR count). The largest absolute Gasteiger partial charge is 0.497 e. The fraction of sp³-hybridized carbons (Fsp3) is 0.133. The summed E-state index contributed by atoms with van der Waals surface area (Å²) in [6.45, 7) is 1.58. The number of fused-ring (bicyclic) bond motifs is 3. The van der Waals surface area contributed by atoms with E-state index in [0.717, 1.165) is 27.6 Å². The Kier molecular flexibility index (Phi) is 2.33. The number of benzene rings is 2. The summed E-state index contributed by atoms with van der Waals surface area (Å²) in [7, 11) is 1.64. The van der Waals surface area contributed by atoms with Crippen molar-refractivity contribution in [2.75, 3.05) is 7.11 Å². The van der Waals surface area contributed by atoms with Gasteiger partial charge in [-0.05, 0) is 24.3 Å². The van der Waals surface area contributed by atoms with E-state index in [9.17, 15) is 4.79 Å². The molecule has 2 aromatic carbocycles. The number of rotatable bonds is 1. The number of carbonyl (C=O) groups is 1. The van der Waals surface area contributed by atoms with Crippen molar-refractivity contribution in [1.82, 2.24) is 4.57 Å². The number of hydrogen-bond acceptors (Lipinski definition) is 2. The zero-order valence-corrected chi connectivity index (χ0v) is 10.3. The van der Waals surface area contributed by atoms with Crippen LogP contribution in [0.1, 0.15) is 11.7 Å². The van der Waals surface area contributed by atoms with E-state index >= 15 is 0 Å². The number of carbonyl (C=O) groups excluding carboxylic acids is 1. The molecule has 0 unspecified atom stereocenters. The van der Waals surface area contributed by atoms with Crippen LogP contribution in [0.5, 0.6) is 5.75 Å². The van der Waals surface area contributed by atoms with Crippen LogP contribution in [0.4, 0.5) is 0 Å². The molecule has 0 spiro atoms. The standard InChI is InChI=1S/C15H13NO2/c1-10(17)16-14-6-4-3-5-12(14)13-9-11(18-2)7-8-15(13)16/h3-9H,1-2H3. The molecule has 0 amide bonds. The SMILES string of the molecule is COc1ccc2c(c1)c1ccccc1n2C(C)=O. The molecule has 3 aromatic rings. The van der Waals surface area contributed by atoms with Crippen molar-refractivity contribution >= 4 is 27.7 Å². The number of hydrogen-bond donors (Lipinski definition) is 0. The molecule has 0 aliphatic heterocycles. The summed E-state index contributed by atoms with van der Waals surface area (Å²) >= 11 is 0. The summed E-state index contributed by atoms with van der Waals surface area (Å²) in [6.07, 6.45) is 0. The number of para-hydroxylation sites is 1. The van der Waals surface area contributed by atoms with Crippen molar-refractivity contribution in [2.45, 2.75) is 6.92 Å². The van der Waals surface area contributed by atoms with E-state index in [0.29, 0.717) is 0 Å². The average Bonchev–Trinajstić information content (AvgIpc) is 2.72. The van der Waals surface area contributed by atoms with Gasteiger partial charge in [-0.25, -0.2) is 0 Å². The van der Waals surface area contributed by atoms with Gasteiger partial charge in [0.15, 0.2) is 0 Å². The molecule has 90 valence electrons. The quantitative estimate of drug-likeness (QED) is 0.651. The Bertz CT molecular complexity index is 756. The van der Waals surface area contributed by atoms with E-state index in [1.165, 1.54) is 0 Å². The zero-order chi connectivity index (χ0) is 12.7. The molecule has 0 bridgehead atoms. The lowest BCUT2D eigenvalue weighted by atomic mass is 10.1. The number of methoxy groups -OCH3 is 1. The van der Waals surface area contributed by atoms with Gasteiger partial charge in [-0.3, -0.25) is 9.36 Å². The van der Waals surface area contributed by atoms with E-state index in [-0.39, 0.29) is 5.91 Å². The van der Waals surface area contributed by atoms with Gasteiger partial charge < -0.3 is 4.74 Å². The highest BCUT2D eigenvalue weighted by Gasteiger charge is 2.13. The van der Waals surface area contributed by atoms with Crippen LogP contribution >= 0.6 is 0 Å². The van der Waals surface area contributed by atoms with Gasteiger partial charge in [0.2, 0.25) is 5.91 Å². The minimum absolute atomic E-state index is 0.0198. The van der Waals surface area contributed by atoms with Crippen LogP contribution in [0, 0.1) is 0 Å². The third-order valence-electron chi connectivity index (χ3n) is 3.19. The molecule has 1 heterocycles. The van der Waals surface area contributed by atoms with E-state index in [2.05, 4.69) is 0 Å². The smallest absolute Gasteiger partial charge is 0.228 e. The van der Waals surface area contributed by atoms with Crippen LogP contribution in [0.3, 0.4) is 0 Å². The van der Waals surface area contributed by atoms with E-state index in [1.807, 2.05) is 42.5 Å². The third kappa shape index (κ3) is 1.40. The Morgan fingerprint density at radius 2 is 1.78 bits per heavy atom. The molecule has 0 atom stereocenters. The molecule has 18 heavy (non-hydrogen) atoms. The molecular formula is C15H13NO2. The highest BCUT2D eigenvalue weighted by atomic mass is 16.5. The second kappa shape index (κ2) is 3.88. The summed E-state index contributed by atoms with van der Waals surface area (Å²) in [5.74, 6) is 0.820. The number of nitrogens with zero attached hydrogens (tertiary/aromatic N) is 1. The highest BCUT2D eigenvalue weighted by molar-refractivity contribution is 6.13. The monoisotopic (exact) mass is 239 g/mol. The van der Waals surface area contributed by atoms with Crippen molar-refractivity contribution < 1.29 is 9.53 Å². The predicted molar refractivity (Wildman–Crippen MR) is 72.3 cm³/mol. The molecule has 0 N–H and O–H groups in total. The maximum atomic E-state index is 11.8. The lowest BCUT2D eigenvalue weighted by Crippen LogP contribution is -2.04. The maximum absolute atomic E-state index is 11.8. The first-order chi connectivity index (χ1) is 8.72. The summed E-state index contributed by atoms with van der Waals surface area (Å²) in [4.78, 5) is 11.8. The van der Waals surface area contributed by atoms with E-state index < -0.39 is 0 Å². The molecular weight excluding hydrogens is 226 g/mol. The Morgan fingerprint density at radius 1 is 1.06 bits per heavy atom. The first kappa shape index (κ1) is 10.8. The van der Waals surface area contributed by atoms with Gasteiger partial charge in [0.25, 0.3) is 0 Å². The second-order valence-electron chi connectivity index (χ2n) is 4.25. The summed E-state index contributed by atoms with van der Waals surface area (Å²) < 4.78 is 6.99. The van der Waals surface area contributed by atoms with Crippen LogP contribution in [-0.2, 0) is 0 Å². The summed E-state index contributed by atoms with van der Waals surface area (Å²) in [5.41, 5.74) is 1.86. The van der Waals surface area contributed by atoms with Crippen LogP contribution in [0.15, 0.2) is 42.5 Å². The topological polar surface area (TPSA) is 31.2 Å². The predicted octanol–water partition coefficient (Wildman–Crippen LogP) is 3.46. The Balaban J connectivity index is 2.53. The third-order valence-corrected chi connectivity index (χ3v) is 3.19. The lowest BCUT2D eigenvalue weighted by molar-refractivity contribution is 0.0946. The van der Waals surface area contributed by atoms with Crippen molar-refractivity contribution in [3.05, 3.63) is 42.5 Å². The van der Waals surface area contributed by atoms with Crippen molar-refractivity contribution in [3.8, 4) is 5.75 Å². The van der Waals surface area contributed by atoms with Crippen molar-refractivity contribution in [3.63, 3.8) is 0 Å². The van der Waals surface area contributed by atoms with Gasteiger partial charge in [0, 0.05) is 17.7 Å². The van der Waals surface area contributed by atoms with Gasteiger partial charge >= 0.3 is 0 Å². The Morgan fingerprint density at radius 3 is 2.50 bits per heavy atom. The maximum Gasteiger partial charge on any atom is 0.228 e. The molecule has 1 aromatic heterocycles. The minimum Gasteiger partial charge on any atom is -0.497 e. The molecule has 3 nitrogen and oxygen atoms in total. The van der Waals surface area contributed by atoms with Crippen molar-refractivity contribution in [1.29, 1.82) is 0 Å². The van der Waals surface area contributed by atoms with E-state index in [1.54, 1.807) is 18.6 Å². The molecule has 0 radical (unpaired) electrons. The summed E-state index contributed by atoms with van der Waals surface area (Å²) in [5, 5.41) is 2.11. The normalized spacial score (nSPS) is 11.0. The molecule has 0 aliphatic carbocycles. The Labute approximate surface area is 105 Å². The number of ether oxygens (including phenoxy) is 1. The van der Waals surface area contributed by atoms with Gasteiger partial charge in [0.05, 0.1) is 18.1 Å². The van der Waals surface area contributed by atoms with Crippen LogP contribution in [-0.4, -0.2) is 17.6 Å². The highest BCUT2D eigenvalue weighted by Crippen LogP contribution is 2.31. The van der Waals surface area contributed by atoms with Gasteiger partial charge in [-0.15, -0.1) is 0 Å². The summed E-state index contributed by atoms with van der Waals surface area (Å²) in [6, 6.07) is 13.7. The lowest BCUT2D eigenvalue weighted by Gasteiger charge is -2.02. The minimum atomic E-state index is 0.0198. The van der Waals surface area contributed by atoms with Gasteiger partial charge in [-0.1, -0.05) is 18.2 Å². The Hall–Kier alpha value is -2.29. The van der Waals surface area contributed by atoms with Gasteiger partial charge in [-0.2, -0.15) is 0 Å². The zero-order valence-electron chi connectivity index (χ0n) is 10.3. The van der Waals surface area contributed by atoms with Crippen LogP contribution in [0.25, 0.3) is 21.8 Å². The fourth-order valence-corrected chi connectivity index (χ4v) is 2.42. The molecule has 0 saturated carbocycles. The first-order valence-corrected chi connectivity index (χ1v) is 5.80. The van der Waals surface area contributed by atoms with Crippen LogP contribution < -0.4 is 4.74 Å². The van der Waals surface area contributed by atoms with Crippen molar-refractivity contribution in [2.24, 2.45) is 0 Å².